The standard InChI is InChI=1S/C21H29N3O5S/c1-30(27,28)24-18-12-10-16(11-13-18)20-22-21(29-23-20)17(14-19(25)26)9-5-8-15-6-3-2-4-7-15/h10-13,15,17,24H,2-9,14H2,1H3,(H,25,26). The van der Waals surface area contributed by atoms with Crippen molar-refractivity contribution >= 4 is 21.7 Å². The molecule has 0 saturated heterocycles. The molecule has 0 bridgehead atoms. The Balaban J connectivity index is 1.64. The highest BCUT2D eigenvalue weighted by Crippen LogP contribution is 2.31. The lowest BCUT2D eigenvalue weighted by Gasteiger charge is -2.21. The number of sulfonamides is 1. The van der Waals surface area contributed by atoms with Gasteiger partial charge in [-0.2, -0.15) is 4.98 Å². The van der Waals surface area contributed by atoms with Gasteiger partial charge in [-0.1, -0.05) is 50.1 Å². The van der Waals surface area contributed by atoms with E-state index in [1.807, 2.05) is 0 Å². The lowest BCUT2D eigenvalue weighted by molar-refractivity contribution is -0.137. The molecule has 2 aromatic rings. The van der Waals surface area contributed by atoms with E-state index in [1.165, 1.54) is 32.1 Å². The van der Waals surface area contributed by atoms with Crippen LogP contribution in [0.15, 0.2) is 28.8 Å². The van der Waals surface area contributed by atoms with Crippen LogP contribution in [0.4, 0.5) is 5.69 Å². The lowest BCUT2D eigenvalue weighted by Crippen LogP contribution is -2.10. The normalized spacial score (nSPS) is 16.3. The molecule has 1 aromatic heterocycles. The van der Waals surface area contributed by atoms with E-state index >= 15 is 0 Å². The van der Waals surface area contributed by atoms with Gasteiger partial charge in [-0.25, -0.2) is 8.42 Å². The molecule has 30 heavy (non-hydrogen) atoms. The van der Waals surface area contributed by atoms with Crippen LogP contribution >= 0.6 is 0 Å². The maximum atomic E-state index is 11.3. The lowest BCUT2D eigenvalue weighted by atomic mass is 9.84. The van der Waals surface area contributed by atoms with Crippen LogP contribution in [0.1, 0.15) is 69.6 Å². The van der Waals surface area contributed by atoms with Crippen molar-refractivity contribution in [2.45, 2.75) is 63.7 Å². The number of aliphatic carboxylic acids is 1. The fourth-order valence-corrected chi connectivity index (χ4v) is 4.64. The summed E-state index contributed by atoms with van der Waals surface area (Å²) in [5.41, 5.74) is 1.11. The van der Waals surface area contributed by atoms with Crippen LogP contribution in [0, 0.1) is 5.92 Å². The molecule has 1 aromatic carbocycles. The van der Waals surface area contributed by atoms with Crippen molar-refractivity contribution in [1.82, 2.24) is 10.1 Å². The Bertz CT molecular complexity index is 934. The highest BCUT2D eigenvalue weighted by Gasteiger charge is 2.23. The minimum atomic E-state index is -3.35. The molecule has 1 fully saturated rings. The Morgan fingerprint density at radius 1 is 1.23 bits per heavy atom. The van der Waals surface area contributed by atoms with E-state index in [4.69, 9.17) is 4.52 Å². The van der Waals surface area contributed by atoms with E-state index in [2.05, 4.69) is 14.9 Å². The molecular formula is C21H29N3O5S. The van der Waals surface area contributed by atoms with Crippen molar-refractivity contribution in [3.05, 3.63) is 30.2 Å². The fraction of sp³-hybridized carbons (Fsp3) is 0.571. The summed E-state index contributed by atoms with van der Waals surface area (Å²) in [5.74, 6) is 0.265. The van der Waals surface area contributed by atoms with E-state index in [0.29, 0.717) is 29.4 Å². The largest absolute Gasteiger partial charge is 0.481 e. The van der Waals surface area contributed by atoms with E-state index < -0.39 is 16.0 Å². The van der Waals surface area contributed by atoms with Crippen molar-refractivity contribution in [3.63, 3.8) is 0 Å². The summed E-state index contributed by atoms with van der Waals surface area (Å²) in [6.07, 6.45) is 10.3. The summed E-state index contributed by atoms with van der Waals surface area (Å²) < 4.78 is 30.4. The van der Waals surface area contributed by atoms with Gasteiger partial charge in [0.15, 0.2) is 0 Å². The average molecular weight is 436 g/mol. The molecule has 1 aliphatic rings. The van der Waals surface area contributed by atoms with Gasteiger partial charge in [0.05, 0.1) is 12.7 Å². The third-order valence-electron chi connectivity index (χ3n) is 5.55. The molecule has 0 amide bonds. The maximum Gasteiger partial charge on any atom is 0.304 e. The number of hydrogen-bond acceptors (Lipinski definition) is 6. The Hall–Kier alpha value is -2.42. The first-order valence-corrected chi connectivity index (χ1v) is 12.3. The first kappa shape index (κ1) is 22.3. The quantitative estimate of drug-likeness (QED) is 0.566. The van der Waals surface area contributed by atoms with Crippen LogP contribution in [-0.4, -0.2) is 35.9 Å². The molecule has 1 aliphatic carbocycles. The van der Waals surface area contributed by atoms with Crippen LogP contribution < -0.4 is 4.72 Å². The van der Waals surface area contributed by atoms with Gasteiger partial charge >= 0.3 is 5.97 Å². The first-order chi connectivity index (χ1) is 14.3. The summed E-state index contributed by atoms with van der Waals surface area (Å²) in [6.45, 7) is 0. The van der Waals surface area contributed by atoms with Crippen LogP contribution in [0.2, 0.25) is 0 Å². The van der Waals surface area contributed by atoms with Gasteiger partial charge in [0.1, 0.15) is 0 Å². The molecule has 1 unspecified atom stereocenters. The number of hydrogen-bond donors (Lipinski definition) is 2. The molecule has 0 spiro atoms. The second kappa shape index (κ2) is 10.1. The Morgan fingerprint density at radius 3 is 2.57 bits per heavy atom. The highest BCUT2D eigenvalue weighted by molar-refractivity contribution is 7.92. The monoisotopic (exact) mass is 435 g/mol. The molecule has 8 nitrogen and oxygen atoms in total. The van der Waals surface area contributed by atoms with E-state index in [9.17, 15) is 18.3 Å². The molecule has 2 N–H and O–H groups in total. The van der Waals surface area contributed by atoms with Crippen LogP contribution in [0.5, 0.6) is 0 Å². The topological polar surface area (TPSA) is 122 Å². The highest BCUT2D eigenvalue weighted by atomic mass is 32.2. The van der Waals surface area contributed by atoms with Crippen molar-refractivity contribution in [3.8, 4) is 11.4 Å². The zero-order valence-corrected chi connectivity index (χ0v) is 18.0. The minimum absolute atomic E-state index is 0.0382. The molecule has 164 valence electrons. The van der Waals surface area contributed by atoms with Gasteiger partial charge in [0.2, 0.25) is 21.7 Å². The molecule has 0 radical (unpaired) electrons. The number of nitrogens with one attached hydrogen (secondary N) is 1. The van der Waals surface area contributed by atoms with Gasteiger partial charge in [0, 0.05) is 17.2 Å². The number of carbonyl (C=O) groups is 1. The predicted molar refractivity (Wildman–Crippen MR) is 114 cm³/mol. The van der Waals surface area contributed by atoms with Crippen LogP contribution in [-0.2, 0) is 14.8 Å². The third-order valence-corrected chi connectivity index (χ3v) is 6.15. The van der Waals surface area contributed by atoms with Crippen molar-refractivity contribution in [1.29, 1.82) is 0 Å². The smallest absolute Gasteiger partial charge is 0.304 e. The van der Waals surface area contributed by atoms with Crippen molar-refractivity contribution in [2.24, 2.45) is 5.92 Å². The predicted octanol–water partition coefficient (Wildman–Crippen LogP) is 4.42. The van der Waals surface area contributed by atoms with Gasteiger partial charge < -0.3 is 9.63 Å². The molecule has 1 heterocycles. The van der Waals surface area contributed by atoms with Crippen LogP contribution in [0.25, 0.3) is 11.4 Å². The second-order valence-corrected chi connectivity index (χ2v) is 9.89. The Kier molecular flexibility index (Phi) is 7.47. The molecule has 0 aliphatic heterocycles. The maximum absolute atomic E-state index is 11.3. The zero-order chi connectivity index (χ0) is 21.6. The second-order valence-electron chi connectivity index (χ2n) is 8.14. The van der Waals surface area contributed by atoms with Gasteiger partial charge in [0.25, 0.3) is 0 Å². The molecule has 3 rings (SSSR count). The van der Waals surface area contributed by atoms with Crippen molar-refractivity contribution < 1.29 is 22.8 Å². The molecule has 1 saturated carbocycles. The summed E-state index contributed by atoms with van der Waals surface area (Å²) in [5, 5.41) is 13.3. The third kappa shape index (κ3) is 6.83. The number of carboxylic acid groups (broad SMARTS) is 1. The summed E-state index contributed by atoms with van der Waals surface area (Å²) in [4.78, 5) is 15.8. The summed E-state index contributed by atoms with van der Waals surface area (Å²) in [6, 6.07) is 6.62. The number of carboxylic acids is 1. The zero-order valence-electron chi connectivity index (χ0n) is 17.2. The summed E-state index contributed by atoms with van der Waals surface area (Å²) >= 11 is 0. The number of benzene rings is 1. The Labute approximate surface area is 177 Å². The number of nitrogens with zero attached hydrogens (tertiary/aromatic N) is 2. The average Bonchev–Trinajstić information content (AvgIpc) is 3.17. The molecule has 1 atom stereocenters. The molecular weight excluding hydrogens is 406 g/mol. The van der Waals surface area contributed by atoms with Crippen LogP contribution in [0.3, 0.4) is 0 Å². The van der Waals surface area contributed by atoms with E-state index in [-0.39, 0.29) is 12.3 Å². The van der Waals surface area contributed by atoms with E-state index in [0.717, 1.165) is 25.0 Å². The Morgan fingerprint density at radius 2 is 1.93 bits per heavy atom. The number of aromatic nitrogens is 2. The SMILES string of the molecule is CS(=O)(=O)Nc1ccc(-c2noc(C(CCCC3CCCCC3)CC(=O)O)n2)cc1. The van der Waals surface area contributed by atoms with Gasteiger partial charge in [-0.15, -0.1) is 0 Å². The fourth-order valence-electron chi connectivity index (χ4n) is 4.07. The minimum Gasteiger partial charge on any atom is -0.481 e. The number of rotatable bonds is 10. The van der Waals surface area contributed by atoms with Gasteiger partial charge in [-0.3, -0.25) is 9.52 Å². The number of anilines is 1. The van der Waals surface area contributed by atoms with Crippen molar-refractivity contribution in [2.75, 3.05) is 11.0 Å². The van der Waals surface area contributed by atoms with Gasteiger partial charge in [-0.05, 0) is 36.6 Å². The van der Waals surface area contributed by atoms with E-state index in [1.54, 1.807) is 24.3 Å². The first-order valence-electron chi connectivity index (χ1n) is 10.4. The molecule has 9 heteroatoms. The summed E-state index contributed by atoms with van der Waals surface area (Å²) in [7, 11) is -3.35.